The van der Waals surface area contributed by atoms with Crippen molar-refractivity contribution in [1.29, 1.82) is 0 Å². The standard InChI is InChI=1S/C18H18BrNS/c19-15-9-6-8-14(13-15)7-2-1-3-12-18-20-16-10-4-5-11-17(16)21-18/h4-6,8-11,13H,1-3,7,12H2. The van der Waals surface area contributed by atoms with Crippen LogP contribution in [0.5, 0.6) is 0 Å². The summed E-state index contributed by atoms with van der Waals surface area (Å²) in [5, 5.41) is 1.28. The third-order valence-corrected chi connectivity index (χ3v) is 5.17. The van der Waals surface area contributed by atoms with E-state index in [-0.39, 0.29) is 0 Å². The summed E-state index contributed by atoms with van der Waals surface area (Å²) in [5.74, 6) is 0. The minimum absolute atomic E-state index is 1.11. The zero-order valence-electron chi connectivity index (χ0n) is 11.9. The lowest BCUT2D eigenvalue weighted by Crippen LogP contribution is -1.88. The van der Waals surface area contributed by atoms with Gasteiger partial charge in [0.15, 0.2) is 0 Å². The topological polar surface area (TPSA) is 12.9 Å². The highest BCUT2D eigenvalue weighted by molar-refractivity contribution is 9.10. The lowest BCUT2D eigenvalue weighted by atomic mass is 10.1. The number of hydrogen-bond acceptors (Lipinski definition) is 2. The normalized spacial score (nSPS) is 11.1. The Hall–Kier alpha value is -1.19. The van der Waals surface area contributed by atoms with Gasteiger partial charge in [-0.25, -0.2) is 4.98 Å². The summed E-state index contributed by atoms with van der Waals surface area (Å²) < 4.78 is 2.48. The molecule has 0 aliphatic carbocycles. The predicted octanol–water partition coefficient (Wildman–Crippen LogP) is 6.01. The first kappa shape index (κ1) is 14.7. The number of aromatic nitrogens is 1. The first-order valence-electron chi connectivity index (χ1n) is 7.40. The van der Waals surface area contributed by atoms with E-state index in [9.17, 15) is 0 Å². The second kappa shape index (κ2) is 7.19. The lowest BCUT2D eigenvalue weighted by Gasteiger charge is -2.02. The molecule has 2 aromatic carbocycles. The number of thiazole rings is 1. The molecule has 1 heterocycles. The highest BCUT2D eigenvalue weighted by Crippen LogP contribution is 2.23. The van der Waals surface area contributed by atoms with Crippen LogP contribution < -0.4 is 0 Å². The Kier molecular flexibility index (Phi) is 5.04. The molecule has 0 aliphatic rings. The van der Waals surface area contributed by atoms with Crippen LogP contribution in [0.1, 0.15) is 29.8 Å². The second-order valence-electron chi connectivity index (χ2n) is 5.27. The van der Waals surface area contributed by atoms with Crippen LogP contribution >= 0.6 is 27.3 Å². The number of nitrogens with zero attached hydrogens (tertiary/aromatic N) is 1. The average molecular weight is 360 g/mol. The largest absolute Gasteiger partial charge is 0.241 e. The van der Waals surface area contributed by atoms with E-state index >= 15 is 0 Å². The molecule has 0 N–H and O–H groups in total. The molecule has 0 aliphatic heterocycles. The fraction of sp³-hybridized carbons (Fsp3) is 0.278. The number of halogens is 1. The maximum Gasteiger partial charge on any atom is 0.0938 e. The third-order valence-electron chi connectivity index (χ3n) is 3.58. The second-order valence-corrected chi connectivity index (χ2v) is 7.30. The Balaban J connectivity index is 1.44. The van der Waals surface area contributed by atoms with Gasteiger partial charge < -0.3 is 0 Å². The quantitative estimate of drug-likeness (QED) is 0.490. The van der Waals surface area contributed by atoms with E-state index in [1.54, 1.807) is 0 Å². The Morgan fingerprint density at radius 3 is 2.62 bits per heavy atom. The zero-order chi connectivity index (χ0) is 14.5. The van der Waals surface area contributed by atoms with E-state index in [2.05, 4.69) is 64.5 Å². The Morgan fingerprint density at radius 2 is 1.76 bits per heavy atom. The number of fused-ring (bicyclic) bond motifs is 1. The minimum atomic E-state index is 1.11. The lowest BCUT2D eigenvalue weighted by molar-refractivity contribution is 0.677. The van der Waals surface area contributed by atoms with E-state index < -0.39 is 0 Å². The summed E-state index contributed by atoms with van der Waals surface area (Å²) in [4.78, 5) is 4.69. The molecule has 0 saturated carbocycles. The Labute approximate surface area is 138 Å². The van der Waals surface area contributed by atoms with Crippen molar-refractivity contribution in [1.82, 2.24) is 4.98 Å². The predicted molar refractivity (Wildman–Crippen MR) is 95.0 cm³/mol. The van der Waals surface area contributed by atoms with Crippen molar-refractivity contribution in [2.24, 2.45) is 0 Å². The first-order valence-corrected chi connectivity index (χ1v) is 9.01. The van der Waals surface area contributed by atoms with Gasteiger partial charge in [-0.05, 0) is 55.5 Å². The van der Waals surface area contributed by atoms with Gasteiger partial charge in [0, 0.05) is 4.47 Å². The molecule has 3 heteroatoms. The van der Waals surface area contributed by atoms with E-state index in [0.717, 1.165) is 11.9 Å². The maximum atomic E-state index is 4.69. The third kappa shape index (κ3) is 4.14. The van der Waals surface area contributed by atoms with E-state index in [4.69, 9.17) is 4.98 Å². The van der Waals surface area contributed by atoms with Crippen LogP contribution in [0.4, 0.5) is 0 Å². The molecule has 0 unspecified atom stereocenters. The average Bonchev–Trinajstić information content (AvgIpc) is 2.89. The van der Waals surface area contributed by atoms with Crippen LogP contribution in [0, 0.1) is 0 Å². The fourth-order valence-corrected chi connectivity index (χ4v) is 3.96. The minimum Gasteiger partial charge on any atom is -0.241 e. The maximum absolute atomic E-state index is 4.69. The molecule has 0 amide bonds. The van der Waals surface area contributed by atoms with E-state index in [1.165, 1.54) is 45.4 Å². The number of aryl methyl sites for hydroxylation is 2. The summed E-state index contributed by atoms with van der Waals surface area (Å²) in [6.45, 7) is 0. The van der Waals surface area contributed by atoms with Gasteiger partial charge in [0.1, 0.15) is 0 Å². The van der Waals surface area contributed by atoms with Crippen molar-refractivity contribution in [2.75, 3.05) is 0 Å². The molecule has 0 bridgehead atoms. The molecule has 0 fully saturated rings. The van der Waals surface area contributed by atoms with Gasteiger partial charge in [-0.15, -0.1) is 11.3 Å². The van der Waals surface area contributed by atoms with Crippen molar-refractivity contribution in [3.8, 4) is 0 Å². The van der Waals surface area contributed by atoms with Crippen molar-refractivity contribution < 1.29 is 0 Å². The van der Waals surface area contributed by atoms with Gasteiger partial charge in [-0.1, -0.05) is 46.6 Å². The van der Waals surface area contributed by atoms with Crippen LogP contribution in [0.2, 0.25) is 0 Å². The molecule has 0 saturated heterocycles. The highest BCUT2D eigenvalue weighted by atomic mass is 79.9. The molecule has 21 heavy (non-hydrogen) atoms. The highest BCUT2D eigenvalue weighted by Gasteiger charge is 2.02. The van der Waals surface area contributed by atoms with Crippen LogP contribution in [-0.4, -0.2) is 4.98 Å². The molecule has 108 valence electrons. The van der Waals surface area contributed by atoms with Gasteiger partial charge in [-0.2, -0.15) is 0 Å². The summed E-state index contributed by atoms with van der Waals surface area (Å²) in [6.07, 6.45) is 6.02. The van der Waals surface area contributed by atoms with Crippen LogP contribution in [0.25, 0.3) is 10.2 Å². The van der Waals surface area contributed by atoms with Crippen molar-refractivity contribution in [3.05, 3.63) is 63.6 Å². The molecule has 1 nitrogen and oxygen atoms in total. The SMILES string of the molecule is Brc1cccc(CCCCCc2nc3ccccc3s2)c1. The number of unbranched alkanes of at least 4 members (excludes halogenated alkanes) is 2. The van der Waals surface area contributed by atoms with Crippen LogP contribution in [-0.2, 0) is 12.8 Å². The molecule has 3 rings (SSSR count). The van der Waals surface area contributed by atoms with Gasteiger partial charge in [0.25, 0.3) is 0 Å². The molecule has 0 spiro atoms. The van der Waals surface area contributed by atoms with E-state index in [0.29, 0.717) is 0 Å². The van der Waals surface area contributed by atoms with Gasteiger partial charge in [-0.3, -0.25) is 0 Å². The number of benzene rings is 2. The van der Waals surface area contributed by atoms with Crippen molar-refractivity contribution >= 4 is 37.5 Å². The van der Waals surface area contributed by atoms with Gasteiger partial charge >= 0.3 is 0 Å². The number of para-hydroxylation sites is 1. The van der Waals surface area contributed by atoms with Crippen LogP contribution in [0.15, 0.2) is 53.0 Å². The van der Waals surface area contributed by atoms with E-state index in [1.807, 2.05) is 11.3 Å². The Morgan fingerprint density at radius 1 is 0.905 bits per heavy atom. The van der Waals surface area contributed by atoms with Crippen molar-refractivity contribution in [3.63, 3.8) is 0 Å². The fourth-order valence-electron chi connectivity index (χ4n) is 2.50. The summed E-state index contributed by atoms with van der Waals surface area (Å²) >= 11 is 5.36. The molecule has 0 radical (unpaired) electrons. The molecule has 3 aromatic rings. The number of rotatable bonds is 6. The van der Waals surface area contributed by atoms with Gasteiger partial charge in [0.05, 0.1) is 15.2 Å². The monoisotopic (exact) mass is 359 g/mol. The van der Waals surface area contributed by atoms with Gasteiger partial charge in [0.2, 0.25) is 0 Å². The summed E-state index contributed by atoms with van der Waals surface area (Å²) in [7, 11) is 0. The number of hydrogen-bond donors (Lipinski definition) is 0. The Bertz CT molecular complexity index is 687. The van der Waals surface area contributed by atoms with Crippen molar-refractivity contribution in [2.45, 2.75) is 32.1 Å². The molecular weight excluding hydrogens is 342 g/mol. The smallest absolute Gasteiger partial charge is 0.0938 e. The molecular formula is C18H18BrNS. The molecule has 1 aromatic heterocycles. The summed E-state index contributed by atoms with van der Waals surface area (Å²) in [6, 6.07) is 17.0. The molecule has 0 atom stereocenters. The first-order chi connectivity index (χ1) is 10.3. The zero-order valence-corrected chi connectivity index (χ0v) is 14.3. The van der Waals surface area contributed by atoms with Crippen LogP contribution in [0.3, 0.4) is 0 Å². The summed E-state index contributed by atoms with van der Waals surface area (Å²) in [5.41, 5.74) is 2.57.